The van der Waals surface area contributed by atoms with Gasteiger partial charge in [-0.15, -0.1) is 0 Å². The molecule has 8 heteroatoms. The maximum absolute atomic E-state index is 15.4. The van der Waals surface area contributed by atoms with Crippen LogP contribution in [0.5, 0.6) is 0 Å². The molecule has 0 spiro atoms. The summed E-state index contributed by atoms with van der Waals surface area (Å²) in [4.78, 5) is 29.2. The Morgan fingerprint density at radius 2 is 2.00 bits per heavy atom. The topological polar surface area (TPSA) is 88.4 Å². The predicted molar refractivity (Wildman–Crippen MR) is 122 cm³/mol. The Hall–Kier alpha value is -3.06. The van der Waals surface area contributed by atoms with Crippen LogP contribution in [-0.4, -0.2) is 34.0 Å². The minimum atomic E-state index is -0.735. The van der Waals surface area contributed by atoms with Crippen LogP contribution in [0.15, 0.2) is 24.3 Å². The van der Waals surface area contributed by atoms with Gasteiger partial charge in [-0.25, -0.2) is 9.18 Å². The van der Waals surface area contributed by atoms with Crippen LogP contribution in [0.4, 0.5) is 9.18 Å². The molecule has 1 aromatic heterocycles. The highest BCUT2D eigenvalue weighted by Gasteiger charge is 2.29. The van der Waals surface area contributed by atoms with E-state index < -0.39 is 17.3 Å². The lowest BCUT2D eigenvalue weighted by molar-refractivity contribution is 0.0224. The first-order valence-electron chi connectivity index (χ1n) is 10.4. The molecule has 0 saturated carbocycles. The Bertz CT molecular complexity index is 1260. The van der Waals surface area contributed by atoms with Gasteiger partial charge in [0.05, 0.1) is 16.1 Å². The number of aromatic amines is 1. The van der Waals surface area contributed by atoms with Crippen molar-refractivity contribution in [2.75, 3.05) is 6.54 Å². The SMILES string of the molecule is Cc1[nH]c2c(C(N)=O)cc(F)c(-c3cccc4c3CCN(C(=O)OC(C)(C)C)C4)c2c1Cl. The number of ether oxygens (including phenoxy) is 1. The summed E-state index contributed by atoms with van der Waals surface area (Å²) in [5, 5.41) is 0.779. The molecule has 2 heterocycles. The first-order valence-corrected chi connectivity index (χ1v) is 10.7. The van der Waals surface area contributed by atoms with Crippen molar-refractivity contribution >= 4 is 34.5 Å². The van der Waals surface area contributed by atoms with E-state index in [0.29, 0.717) is 52.3 Å². The second kappa shape index (κ2) is 7.81. The Kier molecular flexibility index (Phi) is 5.41. The van der Waals surface area contributed by atoms with Gasteiger partial charge in [-0.1, -0.05) is 29.8 Å². The van der Waals surface area contributed by atoms with E-state index in [1.165, 1.54) is 0 Å². The zero-order chi connectivity index (χ0) is 23.4. The van der Waals surface area contributed by atoms with Gasteiger partial charge < -0.3 is 20.4 Å². The second-order valence-corrected chi connectivity index (χ2v) is 9.43. The van der Waals surface area contributed by atoms with E-state index in [0.717, 1.165) is 17.2 Å². The van der Waals surface area contributed by atoms with Gasteiger partial charge in [0.1, 0.15) is 11.4 Å². The summed E-state index contributed by atoms with van der Waals surface area (Å²) in [7, 11) is 0. The highest BCUT2D eigenvalue weighted by molar-refractivity contribution is 6.38. The summed E-state index contributed by atoms with van der Waals surface area (Å²) >= 11 is 6.54. The first-order chi connectivity index (χ1) is 15.0. The predicted octanol–water partition coefficient (Wildman–Crippen LogP) is 5.33. The average molecular weight is 458 g/mol. The number of rotatable bonds is 2. The van der Waals surface area contributed by atoms with E-state index in [4.69, 9.17) is 22.1 Å². The van der Waals surface area contributed by atoms with Gasteiger partial charge in [-0.3, -0.25) is 4.79 Å². The maximum atomic E-state index is 15.4. The molecule has 1 aliphatic heterocycles. The average Bonchev–Trinajstić information content (AvgIpc) is 3.00. The van der Waals surface area contributed by atoms with Crippen molar-refractivity contribution in [2.45, 2.75) is 46.3 Å². The van der Waals surface area contributed by atoms with Crippen LogP contribution < -0.4 is 5.73 Å². The fraction of sp³-hybridized carbons (Fsp3) is 0.333. The number of halogens is 2. The molecular formula is C24H25ClFN3O3. The third-order valence-electron chi connectivity index (χ3n) is 5.59. The number of benzene rings is 2. The van der Waals surface area contributed by atoms with E-state index in [9.17, 15) is 9.59 Å². The van der Waals surface area contributed by atoms with Crippen LogP contribution >= 0.6 is 11.6 Å². The Balaban J connectivity index is 1.84. The molecule has 2 aromatic carbocycles. The maximum Gasteiger partial charge on any atom is 0.410 e. The van der Waals surface area contributed by atoms with E-state index in [1.54, 1.807) is 11.8 Å². The number of aromatic nitrogens is 1. The van der Waals surface area contributed by atoms with Crippen molar-refractivity contribution in [1.82, 2.24) is 9.88 Å². The molecule has 168 valence electrons. The minimum absolute atomic E-state index is 0.0529. The molecule has 32 heavy (non-hydrogen) atoms. The zero-order valence-corrected chi connectivity index (χ0v) is 19.2. The molecule has 2 amide bonds. The summed E-state index contributed by atoms with van der Waals surface area (Å²) in [6.45, 7) is 8.05. The number of hydrogen-bond donors (Lipinski definition) is 2. The van der Waals surface area contributed by atoms with Gasteiger partial charge >= 0.3 is 6.09 Å². The van der Waals surface area contributed by atoms with Crippen LogP contribution in [0.3, 0.4) is 0 Å². The molecule has 0 unspecified atom stereocenters. The monoisotopic (exact) mass is 457 g/mol. The summed E-state index contributed by atoms with van der Waals surface area (Å²) in [5.74, 6) is -1.31. The molecule has 0 bridgehead atoms. The molecule has 0 atom stereocenters. The largest absolute Gasteiger partial charge is 0.444 e. The highest BCUT2D eigenvalue weighted by Crippen LogP contribution is 2.42. The van der Waals surface area contributed by atoms with Crippen molar-refractivity contribution in [1.29, 1.82) is 0 Å². The number of amides is 2. The molecule has 1 aliphatic rings. The van der Waals surface area contributed by atoms with Crippen molar-refractivity contribution < 1.29 is 18.7 Å². The quantitative estimate of drug-likeness (QED) is 0.545. The van der Waals surface area contributed by atoms with Crippen LogP contribution in [0.2, 0.25) is 5.02 Å². The van der Waals surface area contributed by atoms with Crippen molar-refractivity contribution in [3.05, 3.63) is 57.5 Å². The molecule has 0 fully saturated rings. The van der Waals surface area contributed by atoms with E-state index in [-0.39, 0.29) is 11.7 Å². The number of nitrogens with zero attached hydrogens (tertiary/aromatic N) is 1. The second-order valence-electron chi connectivity index (χ2n) is 9.05. The number of carbonyl (C=O) groups is 2. The van der Waals surface area contributed by atoms with Gasteiger partial charge in [-0.05, 0) is 56.9 Å². The summed E-state index contributed by atoms with van der Waals surface area (Å²) < 4.78 is 20.9. The Morgan fingerprint density at radius 1 is 1.28 bits per heavy atom. The van der Waals surface area contributed by atoms with Gasteiger partial charge in [-0.2, -0.15) is 0 Å². The lowest BCUT2D eigenvalue weighted by Gasteiger charge is -2.32. The molecule has 0 aliphatic carbocycles. The van der Waals surface area contributed by atoms with Crippen molar-refractivity contribution in [3.8, 4) is 11.1 Å². The number of carbonyl (C=O) groups excluding carboxylic acids is 2. The normalized spacial score (nSPS) is 13.9. The summed E-state index contributed by atoms with van der Waals surface area (Å²) in [6, 6.07) is 6.74. The van der Waals surface area contributed by atoms with Gasteiger partial charge in [0.2, 0.25) is 0 Å². The molecule has 3 N–H and O–H groups in total. The number of aryl methyl sites for hydroxylation is 1. The van der Waals surface area contributed by atoms with E-state index in [1.807, 2.05) is 39.0 Å². The number of hydrogen-bond acceptors (Lipinski definition) is 3. The first kappa shape index (κ1) is 22.1. The fourth-order valence-electron chi connectivity index (χ4n) is 4.21. The third kappa shape index (κ3) is 3.81. The lowest BCUT2D eigenvalue weighted by Crippen LogP contribution is -2.40. The van der Waals surface area contributed by atoms with Gasteiger partial charge in [0.15, 0.2) is 0 Å². The van der Waals surface area contributed by atoms with Crippen molar-refractivity contribution in [3.63, 3.8) is 0 Å². The summed E-state index contributed by atoms with van der Waals surface area (Å²) in [5.41, 5.74) is 8.84. The fourth-order valence-corrected chi connectivity index (χ4v) is 4.45. The lowest BCUT2D eigenvalue weighted by atomic mass is 9.88. The molecule has 3 aromatic rings. The number of primary amides is 1. The smallest absolute Gasteiger partial charge is 0.410 e. The van der Waals surface area contributed by atoms with E-state index >= 15 is 4.39 Å². The zero-order valence-electron chi connectivity index (χ0n) is 18.4. The standard InChI is InChI=1S/C24H25ClFN3O3/c1-12-20(25)19-18(17(26)10-16(22(27)30)21(19)28-12)15-7-5-6-13-11-29(9-8-14(13)15)23(31)32-24(2,3)4/h5-7,10,28H,8-9,11H2,1-4H3,(H2,27,30). The number of H-pyrrole nitrogens is 1. The highest BCUT2D eigenvalue weighted by atomic mass is 35.5. The molecule has 0 saturated heterocycles. The van der Waals surface area contributed by atoms with Crippen LogP contribution in [0, 0.1) is 12.7 Å². The molecule has 4 rings (SSSR count). The number of fused-ring (bicyclic) bond motifs is 2. The number of nitrogens with two attached hydrogens (primary N) is 1. The molecule has 0 radical (unpaired) electrons. The molecular weight excluding hydrogens is 433 g/mol. The van der Waals surface area contributed by atoms with Crippen molar-refractivity contribution in [2.24, 2.45) is 5.73 Å². The number of nitrogens with one attached hydrogen (secondary N) is 1. The van der Waals surface area contributed by atoms with Gasteiger partial charge in [0.25, 0.3) is 5.91 Å². The van der Waals surface area contributed by atoms with E-state index in [2.05, 4.69) is 4.98 Å². The Morgan fingerprint density at radius 3 is 2.66 bits per heavy atom. The Labute approximate surface area is 190 Å². The molecule has 6 nitrogen and oxygen atoms in total. The van der Waals surface area contributed by atoms with Crippen LogP contribution in [0.1, 0.15) is 48.0 Å². The van der Waals surface area contributed by atoms with Crippen LogP contribution in [0.25, 0.3) is 22.0 Å². The van der Waals surface area contributed by atoms with Crippen LogP contribution in [-0.2, 0) is 17.7 Å². The third-order valence-corrected chi connectivity index (χ3v) is 6.07. The van der Waals surface area contributed by atoms with Gasteiger partial charge in [0, 0.05) is 29.7 Å². The minimum Gasteiger partial charge on any atom is -0.444 e. The summed E-state index contributed by atoms with van der Waals surface area (Å²) in [6.07, 6.45) is 0.154.